The summed E-state index contributed by atoms with van der Waals surface area (Å²) in [6, 6.07) is 9.57. The minimum atomic E-state index is -0.439. The van der Waals surface area contributed by atoms with E-state index in [-0.39, 0.29) is 13.2 Å². The highest BCUT2D eigenvalue weighted by Crippen LogP contribution is 2.38. The number of para-hydroxylation sites is 1. The molecule has 5 nitrogen and oxygen atoms in total. The van der Waals surface area contributed by atoms with Crippen LogP contribution in [0.25, 0.3) is 32.6 Å². The van der Waals surface area contributed by atoms with Gasteiger partial charge in [-0.25, -0.2) is 9.36 Å². The van der Waals surface area contributed by atoms with Crippen molar-refractivity contribution in [3.8, 4) is 0 Å². The Morgan fingerprint density at radius 1 is 1.23 bits per heavy atom. The molecule has 2 aromatic carbocycles. The van der Waals surface area contributed by atoms with E-state index in [1.165, 1.54) is 0 Å². The second kappa shape index (κ2) is 6.63. The van der Waals surface area contributed by atoms with Gasteiger partial charge in [-0.1, -0.05) is 18.2 Å². The number of carbonyl (C=O) groups excluding carboxylic acids is 1. The lowest BCUT2D eigenvalue weighted by Gasteiger charge is -2.13. The number of aromatic nitrogens is 2. The largest absolute Gasteiger partial charge is 0.448 e. The number of fused-ring (bicyclic) bond motifs is 4. The molecule has 4 rings (SSSR count). The molecule has 0 aliphatic carbocycles. The van der Waals surface area contributed by atoms with Gasteiger partial charge in [-0.15, -0.1) is 0 Å². The molecule has 0 spiro atoms. The van der Waals surface area contributed by atoms with Crippen molar-refractivity contribution in [2.24, 2.45) is 0 Å². The molecule has 0 saturated heterocycles. The molecular formula is C20H18N2O3S. The number of rotatable bonds is 3. The van der Waals surface area contributed by atoms with Crippen LogP contribution in [-0.2, 0) is 11.3 Å². The Morgan fingerprint density at radius 2 is 2.04 bits per heavy atom. The number of aliphatic hydroxyl groups is 1. The van der Waals surface area contributed by atoms with Gasteiger partial charge in [0.1, 0.15) is 6.61 Å². The van der Waals surface area contributed by atoms with E-state index in [9.17, 15) is 9.90 Å². The third kappa shape index (κ3) is 2.37. The number of thiol groups is 1. The number of benzene rings is 2. The van der Waals surface area contributed by atoms with Crippen molar-refractivity contribution in [1.82, 2.24) is 9.55 Å². The highest BCUT2D eigenvalue weighted by atomic mass is 32.1. The van der Waals surface area contributed by atoms with Gasteiger partial charge >= 0.3 is 6.09 Å². The minimum Gasteiger partial charge on any atom is -0.448 e. The maximum Gasteiger partial charge on any atom is 0.419 e. The van der Waals surface area contributed by atoms with Crippen molar-refractivity contribution < 1.29 is 14.6 Å². The van der Waals surface area contributed by atoms with Crippen LogP contribution in [0.2, 0.25) is 0 Å². The minimum absolute atomic E-state index is 0.140. The molecule has 6 heteroatoms. The van der Waals surface area contributed by atoms with Crippen LogP contribution in [0.3, 0.4) is 0 Å². The first-order valence-electron chi connectivity index (χ1n) is 8.36. The number of aryl methyl sites for hydroxylation is 1. The zero-order valence-corrected chi connectivity index (χ0v) is 15.2. The third-order valence-corrected chi connectivity index (χ3v) is 4.92. The maximum absolute atomic E-state index is 12.8. The number of nitrogens with zero attached hydrogens (tertiary/aromatic N) is 2. The first-order chi connectivity index (χ1) is 12.7. The summed E-state index contributed by atoms with van der Waals surface area (Å²) < 4.78 is 6.96. The van der Waals surface area contributed by atoms with Gasteiger partial charge in [0.2, 0.25) is 0 Å². The molecular weight excluding hydrogens is 348 g/mol. The van der Waals surface area contributed by atoms with Gasteiger partial charge in [0, 0.05) is 34.3 Å². The van der Waals surface area contributed by atoms with Gasteiger partial charge in [0.15, 0.2) is 0 Å². The second-order valence-electron chi connectivity index (χ2n) is 6.10. The predicted molar refractivity (Wildman–Crippen MR) is 106 cm³/mol. The topological polar surface area (TPSA) is 64.4 Å². The van der Waals surface area contributed by atoms with E-state index in [1.54, 1.807) is 17.0 Å². The molecule has 0 atom stereocenters. The molecule has 0 unspecified atom stereocenters. The molecule has 4 aromatic rings. The Labute approximate surface area is 155 Å². The molecule has 132 valence electrons. The SMILES string of the molecule is Cc1c2ccncc2c(CO)c2c3ccccc3n(C(=O)OCCS)c12. The Hall–Kier alpha value is -2.57. The lowest BCUT2D eigenvalue weighted by atomic mass is 9.96. The smallest absolute Gasteiger partial charge is 0.419 e. The summed E-state index contributed by atoms with van der Waals surface area (Å²) in [6.45, 7) is 2.07. The monoisotopic (exact) mass is 366 g/mol. The molecule has 1 N–H and O–H groups in total. The Bertz CT molecular complexity index is 1150. The van der Waals surface area contributed by atoms with E-state index in [0.29, 0.717) is 5.75 Å². The van der Waals surface area contributed by atoms with Crippen molar-refractivity contribution in [2.45, 2.75) is 13.5 Å². The number of pyridine rings is 1. The van der Waals surface area contributed by atoms with Crippen LogP contribution in [0.4, 0.5) is 4.79 Å². The molecule has 0 aliphatic heterocycles. The molecule has 2 aromatic heterocycles. The fraction of sp³-hybridized carbons (Fsp3) is 0.200. The van der Waals surface area contributed by atoms with Gasteiger partial charge in [-0.3, -0.25) is 4.98 Å². The average molecular weight is 366 g/mol. The van der Waals surface area contributed by atoms with Crippen LogP contribution in [0.1, 0.15) is 11.1 Å². The number of hydrogen-bond donors (Lipinski definition) is 2. The van der Waals surface area contributed by atoms with E-state index >= 15 is 0 Å². The summed E-state index contributed by atoms with van der Waals surface area (Å²) in [5.74, 6) is 0.457. The van der Waals surface area contributed by atoms with E-state index in [1.807, 2.05) is 37.3 Å². The van der Waals surface area contributed by atoms with Crippen LogP contribution < -0.4 is 0 Å². The first kappa shape index (κ1) is 16.9. The van der Waals surface area contributed by atoms with Crippen molar-refractivity contribution in [3.63, 3.8) is 0 Å². The van der Waals surface area contributed by atoms with Crippen molar-refractivity contribution >= 4 is 51.3 Å². The lowest BCUT2D eigenvalue weighted by Crippen LogP contribution is -2.15. The highest BCUT2D eigenvalue weighted by molar-refractivity contribution is 7.80. The van der Waals surface area contributed by atoms with E-state index < -0.39 is 6.09 Å². The summed E-state index contributed by atoms with van der Waals surface area (Å²) in [7, 11) is 0. The Kier molecular flexibility index (Phi) is 4.30. The Balaban J connectivity index is 2.23. The Morgan fingerprint density at radius 3 is 2.81 bits per heavy atom. The molecule has 0 aliphatic rings. The van der Waals surface area contributed by atoms with Crippen LogP contribution in [0, 0.1) is 6.92 Å². The second-order valence-corrected chi connectivity index (χ2v) is 6.54. The third-order valence-electron chi connectivity index (χ3n) is 4.74. The molecule has 0 bridgehead atoms. The number of carbonyl (C=O) groups is 1. The summed E-state index contributed by atoms with van der Waals surface area (Å²) in [5, 5.41) is 13.7. The average Bonchev–Trinajstić information content (AvgIpc) is 3.02. The summed E-state index contributed by atoms with van der Waals surface area (Å²) in [6.07, 6.45) is 3.04. The lowest BCUT2D eigenvalue weighted by molar-refractivity contribution is 0.157. The fourth-order valence-corrected chi connectivity index (χ4v) is 3.77. The number of hydrogen-bond acceptors (Lipinski definition) is 5. The van der Waals surface area contributed by atoms with Gasteiger partial charge < -0.3 is 9.84 Å². The normalized spacial score (nSPS) is 11.5. The number of ether oxygens (including phenoxy) is 1. The van der Waals surface area contributed by atoms with Crippen LogP contribution in [0.15, 0.2) is 42.7 Å². The van der Waals surface area contributed by atoms with E-state index in [2.05, 4.69) is 17.6 Å². The standard InChI is InChI=1S/C20H18N2O3S/c1-12-13-6-7-21-10-15(13)16(11-23)18-14-4-2-3-5-17(14)22(19(12)18)20(24)25-8-9-26/h2-7,10,23,26H,8-9,11H2,1H3. The molecule has 0 saturated carbocycles. The summed E-state index contributed by atoms with van der Waals surface area (Å²) in [4.78, 5) is 17.0. The van der Waals surface area contributed by atoms with Gasteiger partial charge in [0.25, 0.3) is 0 Å². The fourth-order valence-electron chi connectivity index (χ4n) is 3.68. The molecule has 26 heavy (non-hydrogen) atoms. The predicted octanol–water partition coefficient (Wildman–Crippen LogP) is 4.06. The van der Waals surface area contributed by atoms with E-state index in [0.717, 1.165) is 43.7 Å². The zero-order chi connectivity index (χ0) is 18.3. The van der Waals surface area contributed by atoms with Crippen molar-refractivity contribution in [1.29, 1.82) is 0 Å². The summed E-state index contributed by atoms with van der Waals surface area (Å²) >= 11 is 4.11. The molecule has 0 fully saturated rings. The van der Waals surface area contributed by atoms with Crippen molar-refractivity contribution in [3.05, 3.63) is 53.9 Å². The maximum atomic E-state index is 12.8. The number of aliphatic hydroxyl groups excluding tert-OH is 1. The van der Waals surface area contributed by atoms with Gasteiger partial charge in [-0.2, -0.15) is 12.6 Å². The van der Waals surface area contributed by atoms with Crippen LogP contribution in [0.5, 0.6) is 0 Å². The molecule has 0 amide bonds. The van der Waals surface area contributed by atoms with Crippen LogP contribution in [-0.4, -0.2) is 33.1 Å². The first-order valence-corrected chi connectivity index (χ1v) is 8.99. The quantitative estimate of drug-likeness (QED) is 0.537. The zero-order valence-electron chi connectivity index (χ0n) is 14.3. The van der Waals surface area contributed by atoms with Gasteiger partial charge in [-0.05, 0) is 35.6 Å². The van der Waals surface area contributed by atoms with Gasteiger partial charge in [0.05, 0.1) is 17.6 Å². The molecule has 2 heterocycles. The van der Waals surface area contributed by atoms with Crippen molar-refractivity contribution in [2.75, 3.05) is 12.4 Å². The summed E-state index contributed by atoms with van der Waals surface area (Å²) in [5.41, 5.74) is 3.24. The van der Waals surface area contributed by atoms with Crippen LogP contribution >= 0.6 is 12.6 Å². The highest BCUT2D eigenvalue weighted by Gasteiger charge is 2.23. The van der Waals surface area contributed by atoms with E-state index in [4.69, 9.17) is 4.74 Å². The molecule has 0 radical (unpaired) electrons.